The third-order valence-corrected chi connectivity index (χ3v) is 6.63. The number of fused-ring (bicyclic) bond motifs is 1. The predicted octanol–water partition coefficient (Wildman–Crippen LogP) is 0.468. The molecule has 4 rings (SSSR count). The molecular weight excluding hydrogens is 356 g/mol. The molecule has 1 saturated heterocycles. The zero-order valence-corrected chi connectivity index (χ0v) is 15.2. The molecule has 138 valence electrons. The standard InChI is InChI=1S/C17H20N4O4S/c1-20-10-13(9-19-20)16-11-21(6-7-25-16)26(23,24)14-3-2-12-4-5-18-17(22)15(12)8-14/h2-3,8-10,16H,4-7,11H2,1H3,(H,18,22)/t16-/m1/s1. The van der Waals surface area contributed by atoms with E-state index in [0.29, 0.717) is 25.1 Å². The van der Waals surface area contributed by atoms with Crippen LogP contribution in [0.4, 0.5) is 0 Å². The van der Waals surface area contributed by atoms with E-state index in [0.717, 1.165) is 11.1 Å². The molecule has 1 amide bonds. The molecule has 2 aromatic rings. The molecule has 0 radical (unpaired) electrons. The summed E-state index contributed by atoms with van der Waals surface area (Å²) < 4.78 is 35.0. The molecule has 1 N–H and O–H groups in total. The number of carbonyl (C=O) groups is 1. The summed E-state index contributed by atoms with van der Waals surface area (Å²) in [7, 11) is -1.90. The zero-order chi connectivity index (χ0) is 18.3. The first-order valence-electron chi connectivity index (χ1n) is 8.46. The number of hydrogen-bond acceptors (Lipinski definition) is 5. The van der Waals surface area contributed by atoms with Gasteiger partial charge in [-0.3, -0.25) is 9.48 Å². The maximum atomic E-state index is 13.1. The summed E-state index contributed by atoms with van der Waals surface area (Å²) in [5, 5.41) is 6.87. The Morgan fingerprint density at radius 3 is 2.96 bits per heavy atom. The predicted molar refractivity (Wildman–Crippen MR) is 93.1 cm³/mol. The van der Waals surface area contributed by atoms with Crippen LogP contribution >= 0.6 is 0 Å². The van der Waals surface area contributed by atoms with E-state index in [-0.39, 0.29) is 30.0 Å². The number of carbonyl (C=O) groups excluding carboxylic acids is 1. The topological polar surface area (TPSA) is 93.5 Å². The van der Waals surface area contributed by atoms with Crippen molar-refractivity contribution in [3.8, 4) is 0 Å². The normalized spacial score (nSPS) is 21.3. The third kappa shape index (κ3) is 3.02. The van der Waals surface area contributed by atoms with Gasteiger partial charge in [0.25, 0.3) is 5.91 Å². The van der Waals surface area contributed by atoms with E-state index < -0.39 is 10.0 Å². The summed E-state index contributed by atoms with van der Waals surface area (Å²) >= 11 is 0. The third-order valence-electron chi connectivity index (χ3n) is 4.77. The summed E-state index contributed by atoms with van der Waals surface area (Å²) in [6, 6.07) is 4.80. The molecule has 2 aliphatic heterocycles. The van der Waals surface area contributed by atoms with Crippen LogP contribution < -0.4 is 5.32 Å². The minimum Gasteiger partial charge on any atom is -0.371 e. The Kier molecular flexibility index (Phi) is 4.29. The highest BCUT2D eigenvalue weighted by Crippen LogP contribution is 2.27. The molecule has 0 saturated carbocycles. The first-order valence-corrected chi connectivity index (χ1v) is 9.90. The number of amides is 1. The first kappa shape index (κ1) is 17.2. The maximum absolute atomic E-state index is 13.1. The lowest BCUT2D eigenvalue weighted by Crippen LogP contribution is -2.42. The van der Waals surface area contributed by atoms with Crippen LogP contribution in [0.5, 0.6) is 0 Å². The van der Waals surface area contributed by atoms with Gasteiger partial charge in [0.2, 0.25) is 10.0 Å². The summed E-state index contributed by atoms with van der Waals surface area (Å²) in [5.41, 5.74) is 2.16. The van der Waals surface area contributed by atoms with Crippen molar-refractivity contribution in [3.63, 3.8) is 0 Å². The number of nitrogens with zero attached hydrogens (tertiary/aromatic N) is 3. The number of sulfonamides is 1. The van der Waals surface area contributed by atoms with Crippen LogP contribution in [-0.4, -0.2) is 54.7 Å². The molecule has 8 nitrogen and oxygen atoms in total. The number of ether oxygens (including phenoxy) is 1. The molecule has 26 heavy (non-hydrogen) atoms. The Balaban J connectivity index is 1.62. The Hall–Kier alpha value is -2.23. The molecule has 0 bridgehead atoms. The van der Waals surface area contributed by atoms with Crippen LogP contribution in [0.1, 0.15) is 27.6 Å². The van der Waals surface area contributed by atoms with Crippen molar-refractivity contribution < 1.29 is 17.9 Å². The first-order chi connectivity index (χ1) is 12.4. The Morgan fingerprint density at radius 2 is 2.19 bits per heavy atom. The van der Waals surface area contributed by atoms with Crippen molar-refractivity contribution in [2.75, 3.05) is 26.2 Å². The number of aromatic nitrogens is 2. The van der Waals surface area contributed by atoms with E-state index in [1.54, 1.807) is 30.1 Å². The highest BCUT2D eigenvalue weighted by atomic mass is 32.2. The second-order valence-corrected chi connectivity index (χ2v) is 8.43. The summed E-state index contributed by atoms with van der Waals surface area (Å²) in [4.78, 5) is 12.2. The fourth-order valence-electron chi connectivity index (χ4n) is 3.35. The molecule has 1 atom stereocenters. The smallest absolute Gasteiger partial charge is 0.251 e. The molecule has 1 fully saturated rings. The van der Waals surface area contributed by atoms with E-state index in [2.05, 4.69) is 10.4 Å². The van der Waals surface area contributed by atoms with Crippen molar-refractivity contribution >= 4 is 15.9 Å². The zero-order valence-electron chi connectivity index (χ0n) is 14.4. The lowest BCUT2D eigenvalue weighted by atomic mass is 10.0. The molecule has 9 heteroatoms. The molecule has 3 heterocycles. The van der Waals surface area contributed by atoms with E-state index in [1.807, 2.05) is 6.20 Å². The minimum absolute atomic E-state index is 0.139. The number of nitrogens with one attached hydrogen (secondary N) is 1. The van der Waals surface area contributed by atoms with Gasteiger partial charge in [0.15, 0.2) is 0 Å². The van der Waals surface area contributed by atoms with Gasteiger partial charge < -0.3 is 10.1 Å². The monoisotopic (exact) mass is 376 g/mol. The Labute approximate surface area is 151 Å². The second-order valence-electron chi connectivity index (χ2n) is 6.49. The van der Waals surface area contributed by atoms with Crippen LogP contribution in [0.2, 0.25) is 0 Å². The van der Waals surface area contributed by atoms with Crippen molar-refractivity contribution in [2.24, 2.45) is 7.05 Å². The van der Waals surface area contributed by atoms with Crippen LogP contribution in [0.25, 0.3) is 0 Å². The van der Waals surface area contributed by atoms with Crippen LogP contribution in [-0.2, 0) is 28.2 Å². The SMILES string of the molecule is Cn1cc([C@H]2CN(S(=O)(=O)c3ccc4c(c3)C(=O)NCC4)CCO2)cn1. The van der Waals surface area contributed by atoms with Gasteiger partial charge >= 0.3 is 0 Å². The van der Waals surface area contributed by atoms with Gasteiger partial charge in [-0.2, -0.15) is 9.40 Å². The number of benzene rings is 1. The molecule has 0 unspecified atom stereocenters. The van der Waals surface area contributed by atoms with E-state index >= 15 is 0 Å². The van der Waals surface area contributed by atoms with Crippen LogP contribution in [0, 0.1) is 0 Å². The molecule has 0 spiro atoms. The Morgan fingerprint density at radius 1 is 1.35 bits per heavy atom. The number of rotatable bonds is 3. The molecule has 1 aromatic carbocycles. The quantitative estimate of drug-likeness (QED) is 0.840. The lowest BCUT2D eigenvalue weighted by molar-refractivity contribution is -0.00259. The highest BCUT2D eigenvalue weighted by molar-refractivity contribution is 7.89. The lowest BCUT2D eigenvalue weighted by Gasteiger charge is -2.32. The fourth-order valence-corrected chi connectivity index (χ4v) is 4.80. The van der Waals surface area contributed by atoms with Gasteiger partial charge in [-0.05, 0) is 24.1 Å². The van der Waals surface area contributed by atoms with Gasteiger partial charge in [-0.1, -0.05) is 6.07 Å². The average molecular weight is 376 g/mol. The van der Waals surface area contributed by atoms with Crippen molar-refractivity contribution in [3.05, 3.63) is 47.3 Å². The van der Waals surface area contributed by atoms with Gasteiger partial charge in [0.1, 0.15) is 0 Å². The Bertz CT molecular complexity index is 953. The molecule has 1 aromatic heterocycles. The summed E-state index contributed by atoms with van der Waals surface area (Å²) in [6.07, 6.45) is 3.86. The summed E-state index contributed by atoms with van der Waals surface area (Å²) in [6.45, 7) is 1.39. The van der Waals surface area contributed by atoms with Gasteiger partial charge in [0, 0.05) is 44.0 Å². The second kappa shape index (κ2) is 6.49. The molecule has 2 aliphatic rings. The molecular formula is C17H20N4O4S. The fraction of sp³-hybridized carbons (Fsp3) is 0.412. The van der Waals surface area contributed by atoms with Crippen molar-refractivity contribution in [1.82, 2.24) is 19.4 Å². The van der Waals surface area contributed by atoms with Gasteiger partial charge in [-0.15, -0.1) is 0 Å². The number of aryl methyl sites for hydroxylation is 1. The van der Waals surface area contributed by atoms with Gasteiger partial charge in [-0.25, -0.2) is 8.42 Å². The average Bonchev–Trinajstić information content (AvgIpc) is 3.08. The molecule has 0 aliphatic carbocycles. The van der Waals surface area contributed by atoms with Crippen molar-refractivity contribution in [2.45, 2.75) is 17.4 Å². The largest absolute Gasteiger partial charge is 0.371 e. The number of morpholine rings is 1. The van der Waals surface area contributed by atoms with Crippen LogP contribution in [0.3, 0.4) is 0 Å². The van der Waals surface area contributed by atoms with Gasteiger partial charge in [0.05, 0.1) is 23.8 Å². The summed E-state index contributed by atoms with van der Waals surface area (Å²) in [5.74, 6) is -0.224. The van der Waals surface area contributed by atoms with Crippen LogP contribution in [0.15, 0.2) is 35.5 Å². The minimum atomic E-state index is -3.71. The van der Waals surface area contributed by atoms with E-state index in [4.69, 9.17) is 4.74 Å². The van der Waals surface area contributed by atoms with Crippen molar-refractivity contribution in [1.29, 1.82) is 0 Å². The highest BCUT2D eigenvalue weighted by Gasteiger charge is 2.33. The number of hydrogen-bond donors (Lipinski definition) is 1. The van der Waals surface area contributed by atoms with E-state index in [1.165, 1.54) is 10.4 Å². The van der Waals surface area contributed by atoms with E-state index in [9.17, 15) is 13.2 Å². The maximum Gasteiger partial charge on any atom is 0.251 e.